The van der Waals surface area contributed by atoms with Gasteiger partial charge in [-0.05, 0) is 36.8 Å². The number of hydrogen-bond acceptors (Lipinski definition) is 6. The van der Waals surface area contributed by atoms with E-state index in [1.54, 1.807) is 24.5 Å². The van der Waals surface area contributed by atoms with Gasteiger partial charge in [-0.1, -0.05) is 0 Å². The first kappa shape index (κ1) is 12.9. The second-order valence-corrected chi connectivity index (χ2v) is 3.94. The lowest BCUT2D eigenvalue weighted by Crippen LogP contribution is -2.10. The first-order valence-corrected chi connectivity index (χ1v) is 5.79. The van der Waals surface area contributed by atoms with E-state index >= 15 is 0 Å². The topological polar surface area (TPSA) is 77.0 Å². The van der Waals surface area contributed by atoms with Crippen LogP contribution in [0.4, 0.5) is 5.82 Å². The molecule has 0 spiro atoms. The fourth-order valence-electron chi connectivity index (χ4n) is 1.58. The van der Waals surface area contributed by atoms with Crippen molar-refractivity contribution in [3.63, 3.8) is 0 Å². The quantitative estimate of drug-likeness (QED) is 0.843. The fraction of sp³-hybridized carbons (Fsp3) is 0.231. The number of pyridine rings is 1. The largest absolute Gasteiger partial charge is 0.464 e. The molecular formula is C13H14N4O2. The van der Waals surface area contributed by atoms with E-state index in [4.69, 9.17) is 0 Å². The summed E-state index contributed by atoms with van der Waals surface area (Å²) in [5, 5.41) is 10.9. The zero-order valence-corrected chi connectivity index (χ0v) is 10.7. The Bertz CT molecular complexity index is 542. The predicted octanol–water partition coefficient (Wildman–Crippen LogP) is 1.83. The van der Waals surface area contributed by atoms with E-state index in [0.29, 0.717) is 5.82 Å². The van der Waals surface area contributed by atoms with Crippen LogP contribution in [0.25, 0.3) is 0 Å². The molecule has 0 fully saturated rings. The predicted molar refractivity (Wildman–Crippen MR) is 69.6 cm³/mol. The summed E-state index contributed by atoms with van der Waals surface area (Å²) in [6.45, 7) is 2.01. The van der Waals surface area contributed by atoms with Crippen LogP contribution in [-0.4, -0.2) is 28.3 Å². The molecular weight excluding hydrogens is 244 g/mol. The molecule has 1 N–H and O–H groups in total. The van der Waals surface area contributed by atoms with Crippen molar-refractivity contribution in [3.05, 3.63) is 47.9 Å². The lowest BCUT2D eigenvalue weighted by Gasteiger charge is -2.14. The molecule has 0 aromatic carbocycles. The van der Waals surface area contributed by atoms with E-state index in [1.165, 1.54) is 7.11 Å². The van der Waals surface area contributed by atoms with Gasteiger partial charge in [0.2, 0.25) is 0 Å². The summed E-state index contributed by atoms with van der Waals surface area (Å²) in [6, 6.07) is 7.18. The monoisotopic (exact) mass is 258 g/mol. The molecule has 2 aromatic rings. The van der Waals surface area contributed by atoms with E-state index in [2.05, 4.69) is 25.2 Å². The number of nitrogens with zero attached hydrogens (tertiary/aromatic N) is 3. The molecule has 0 aliphatic heterocycles. The van der Waals surface area contributed by atoms with Crippen LogP contribution in [0, 0.1) is 0 Å². The van der Waals surface area contributed by atoms with Gasteiger partial charge >= 0.3 is 5.97 Å². The van der Waals surface area contributed by atoms with Gasteiger partial charge < -0.3 is 10.1 Å². The van der Waals surface area contributed by atoms with Crippen molar-refractivity contribution in [2.75, 3.05) is 12.4 Å². The summed E-state index contributed by atoms with van der Waals surface area (Å²) < 4.78 is 4.56. The van der Waals surface area contributed by atoms with Gasteiger partial charge in [0.25, 0.3) is 0 Å². The third kappa shape index (κ3) is 3.25. The number of hydrogen-bond donors (Lipinski definition) is 1. The molecule has 2 heterocycles. The highest BCUT2D eigenvalue weighted by atomic mass is 16.5. The molecule has 6 nitrogen and oxygen atoms in total. The maximum Gasteiger partial charge on any atom is 0.358 e. The van der Waals surface area contributed by atoms with Crippen molar-refractivity contribution in [2.45, 2.75) is 13.0 Å². The number of rotatable bonds is 4. The molecule has 0 bridgehead atoms. The SMILES string of the molecule is COC(=O)c1ccc(NC(C)c2ccncc2)nn1. The van der Waals surface area contributed by atoms with Gasteiger partial charge in [-0.2, -0.15) is 0 Å². The molecule has 0 aliphatic carbocycles. The summed E-state index contributed by atoms with van der Waals surface area (Å²) in [6.07, 6.45) is 3.47. The first-order chi connectivity index (χ1) is 9.20. The first-order valence-electron chi connectivity index (χ1n) is 5.79. The molecule has 0 radical (unpaired) electrons. The Kier molecular flexibility index (Phi) is 4.02. The zero-order chi connectivity index (χ0) is 13.7. The second-order valence-electron chi connectivity index (χ2n) is 3.94. The van der Waals surface area contributed by atoms with Crippen molar-refractivity contribution in [2.24, 2.45) is 0 Å². The Morgan fingerprint density at radius 2 is 1.95 bits per heavy atom. The molecule has 1 unspecified atom stereocenters. The normalized spacial score (nSPS) is 11.7. The van der Waals surface area contributed by atoms with Gasteiger partial charge in [0.05, 0.1) is 13.2 Å². The smallest absolute Gasteiger partial charge is 0.358 e. The van der Waals surface area contributed by atoms with Gasteiger partial charge in [-0.25, -0.2) is 4.79 Å². The minimum absolute atomic E-state index is 0.0706. The zero-order valence-electron chi connectivity index (χ0n) is 10.7. The lowest BCUT2D eigenvalue weighted by molar-refractivity contribution is 0.0593. The number of carbonyl (C=O) groups excluding carboxylic acids is 1. The third-order valence-electron chi connectivity index (χ3n) is 2.63. The van der Waals surface area contributed by atoms with Crippen LogP contribution in [0.1, 0.15) is 29.0 Å². The average molecular weight is 258 g/mol. The van der Waals surface area contributed by atoms with E-state index in [0.717, 1.165) is 5.56 Å². The standard InChI is InChI=1S/C13H14N4O2/c1-9(10-5-7-14-8-6-10)15-12-4-3-11(16-17-12)13(18)19-2/h3-9H,1-2H3,(H,15,17). The van der Waals surface area contributed by atoms with Crippen LogP contribution in [0.2, 0.25) is 0 Å². The van der Waals surface area contributed by atoms with Crippen molar-refractivity contribution >= 4 is 11.8 Å². The van der Waals surface area contributed by atoms with Gasteiger partial charge in [-0.3, -0.25) is 4.98 Å². The molecule has 0 amide bonds. The summed E-state index contributed by atoms with van der Waals surface area (Å²) in [5.74, 6) is 0.0956. The number of esters is 1. The maximum absolute atomic E-state index is 11.2. The number of aromatic nitrogens is 3. The van der Waals surface area contributed by atoms with Gasteiger partial charge in [0, 0.05) is 12.4 Å². The van der Waals surface area contributed by atoms with Gasteiger partial charge in [0.15, 0.2) is 5.69 Å². The van der Waals surface area contributed by atoms with E-state index in [-0.39, 0.29) is 11.7 Å². The fourth-order valence-corrected chi connectivity index (χ4v) is 1.58. The molecule has 0 saturated carbocycles. The van der Waals surface area contributed by atoms with Crippen LogP contribution >= 0.6 is 0 Å². The Morgan fingerprint density at radius 1 is 1.21 bits per heavy atom. The highest BCUT2D eigenvalue weighted by Gasteiger charge is 2.09. The summed E-state index contributed by atoms with van der Waals surface area (Å²) >= 11 is 0. The highest BCUT2D eigenvalue weighted by molar-refractivity contribution is 5.86. The van der Waals surface area contributed by atoms with E-state index in [1.807, 2.05) is 19.1 Å². The van der Waals surface area contributed by atoms with E-state index < -0.39 is 5.97 Å². The molecule has 1 atom stereocenters. The van der Waals surface area contributed by atoms with Gasteiger partial charge in [-0.15, -0.1) is 10.2 Å². The Hall–Kier alpha value is -2.50. The Morgan fingerprint density at radius 3 is 2.53 bits per heavy atom. The minimum Gasteiger partial charge on any atom is -0.464 e. The molecule has 98 valence electrons. The summed E-state index contributed by atoms with van der Waals surface area (Å²) in [7, 11) is 1.31. The third-order valence-corrected chi connectivity index (χ3v) is 2.63. The number of carbonyl (C=O) groups is 1. The van der Waals surface area contributed by atoms with Crippen molar-refractivity contribution in [1.82, 2.24) is 15.2 Å². The Labute approximate surface area is 110 Å². The average Bonchev–Trinajstić information content (AvgIpc) is 2.48. The van der Waals surface area contributed by atoms with Crippen LogP contribution in [0.5, 0.6) is 0 Å². The molecule has 6 heteroatoms. The van der Waals surface area contributed by atoms with Crippen molar-refractivity contribution < 1.29 is 9.53 Å². The molecule has 19 heavy (non-hydrogen) atoms. The molecule has 0 saturated heterocycles. The number of anilines is 1. The minimum atomic E-state index is -0.499. The molecule has 2 aromatic heterocycles. The van der Waals surface area contributed by atoms with Gasteiger partial charge in [0.1, 0.15) is 5.82 Å². The van der Waals surface area contributed by atoms with Crippen LogP contribution < -0.4 is 5.32 Å². The Balaban J connectivity index is 2.06. The summed E-state index contributed by atoms with van der Waals surface area (Å²) in [4.78, 5) is 15.2. The van der Waals surface area contributed by atoms with Crippen LogP contribution in [0.15, 0.2) is 36.7 Å². The van der Waals surface area contributed by atoms with Crippen LogP contribution in [0.3, 0.4) is 0 Å². The molecule has 0 aliphatic rings. The number of methoxy groups -OCH3 is 1. The van der Waals surface area contributed by atoms with Crippen LogP contribution in [-0.2, 0) is 4.74 Å². The highest BCUT2D eigenvalue weighted by Crippen LogP contribution is 2.16. The lowest BCUT2D eigenvalue weighted by atomic mass is 10.1. The molecule has 2 rings (SSSR count). The second kappa shape index (κ2) is 5.90. The maximum atomic E-state index is 11.2. The van der Waals surface area contributed by atoms with E-state index in [9.17, 15) is 4.79 Å². The number of nitrogens with one attached hydrogen (secondary N) is 1. The number of ether oxygens (including phenoxy) is 1. The van der Waals surface area contributed by atoms with Crippen molar-refractivity contribution in [1.29, 1.82) is 0 Å². The van der Waals surface area contributed by atoms with Crippen molar-refractivity contribution in [3.8, 4) is 0 Å². The summed E-state index contributed by atoms with van der Waals surface area (Å²) in [5.41, 5.74) is 1.28.